The molecule has 9 heteroatoms. The molecule has 0 radical (unpaired) electrons. The van der Waals surface area contributed by atoms with Crippen LogP contribution in [0.15, 0.2) is 24.3 Å². The number of halogens is 4. The number of carbonyl (C=O) groups is 2. The summed E-state index contributed by atoms with van der Waals surface area (Å²) >= 11 is 0. The van der Waals surface area contributed by atoms with E-state index in [-0.39, 0.29) is 24.7 Å². The van der Waals surface area contributed by atoms with Crippen molar-refractivity contribution in [1.29, 1.82) is 0 Å². The molecule has 0 spiro atoms. The van der Waals surface area contributed by atoms with Gasteiger partial charge in [-0.2, -0.15) is 13.2 Å². The number of benzene rings is 1. The number of alkyl halides is 3. The molecule has 1 fully saturated rings. The van der Waals surface area contributed by atoms with Gasteiger partial charge in [0.1, 0.15) is 12.4 Å². The third kappa shape index (κ3) is 7.16. The summed E-state index contributed by atoms with van der Waals surface area (Å²) in [6, 6.07) is 4.83. The number of likely N-dealkylation sites (N-methyl/N-ethyl adjacent to an activating group) is 1. The third-order valence-corrected chi connectivity index (χ3v) is 4.39. The molecule has 1 aromatic carbocycles. The van der Waals surface area contributed by atoms with Gasteiger partial charge in [-0.15, -0.1) is 0 Å². The second-order valence-corrected chi connectivity index (χ2v) is 6.95. The van der Waals surface area contributed by atoms with E-state index in [0.717, 1.165) is 23.8 Å². The van der Waals surface area contributed by atoms with Crippen molar-refractivity contribution in [3.05, 3.63) is 30.1 Å². The molecule has 0 heterocycles. The lowest BCUT2D eigenvalue weighted by molar-refractivity contribution is -0.166. The van der Waals surface area contributed by atoms with Crippen LogP contribution in [0.4, 0.5) is 23.2 Å². The molecule has 0 aliphatic heterocycles. The van der Waals surface area contributed by atoms with Crippen molar-refractivity contribution in [3.63, 3.8) is 0 Å². The number of carbonyl (C=O) groups excluding carboxylic acids is 2. The van der Waals surface area contributed by atoms with E-state index >= 15 is 0 Å². The molecule has 0 aromatic heterocycles. The van der Waals surface area contributed by atoms with Gasteiger partial charge in [0, 0.05) is 11.7 Å². The minimum atomic E-state index is -4.48. The van der Waals surface area contributed by atoms with Crippen molar-refractivity contribution in [2.75, 3.05) is 32.0 Å². The van der Waals surface area contributed by atoms with E-state index in [1.54, 1.807) is 6.92 Å². The highest BCUT2D eigenvalue weighted by Crippen LogP contribution is 2.36. The predicted octanol–water partition coefficient (Wildman–Crippen LogP) is 2.89. The zero-order valence-electron chi connectivity index (χ0n) is 15.2. The highest BCUT2D eigenvalue weighted by molar-refractivity contribution is 5.92. The van der Waals surface area contributed by atoms with E-state index in [4.69, 9.17) is 0 Å². The van der Waals surface area contributed by atoms with Crippen molar-refractivity contribution in [3.8, 4) is 0 Å². The summed E-state index contributed by atoms with van der Waals surface area (Å²) in [5, 5.41) is 2.48. The van der Waals surface area contributed by atoms with E-state index < -0.39 is 36.4 Å². The first-order valence-corrected chi connectivity index (χ1v) is 8.65. The third-order valence-electron chi connectivity index (χ3n) is 4.39. The summed E-state index contributed by atoms with van der Waals surface area (Å²) < 4.78 is 51.6. The number of nitrogens with one attached hydrogen (secondary N) is 1. The Morgan fingerprint density at radius 1 is 1.26 bits per heavy atom. The lowest BCUT2D eigenvalue weighted by Crippen LogP contribution is -2.49. The van der Waals surface area contributed by atoms with Crippen molar-refractivity contribution in [2.24, 2.45) is 5.92 Å². The highest BCUT2D eigenvalue weighted by Gasteiger charge is 2.40. The Labute approximate surface area is 155 Å². The minimum Gasteiger partial charge on any atom is -0.329 e. The van der Waals surface area contributed by atoms with Crippen LogP contribution < -0.4 is 5.32 Å². The normalized spacial score (nSPS) is 15.5. The number of amides is 2. The summed E-state index contributed by atoms with van der Waals surface area (Å²) in [6.45, 7) is -0.200. The minimum absolute atomic E-state index is 0.0953. The van der Waals surface area contributed by atoms with Gasteiger partial charge < -0.3 is 10.2 Å². The van der Waals surface area contributed by atoms with Gasteiger partial charge in [-0.1, -0.05) is 6.07 Å². The lowest BCUT2D eigenvalue weighted by Gasteiger charge is -2.31. The molecule has 1 aliphatic rings. The fourth-order valence-corrected chi connectivity index (χ4v) is 2.88. The van der Waals surface area contributed by atoms with Crippen LogP contribution in [-0.2, 0) is 9.59 Å². The number of hydrogen-bond donors (Lipinski definition) is 1. The Kier molecular flexibility index (Phi) is 6.80. The Morgan fingerprint density at radius 2 is 1.93 bits per heavy atom. The molecule has 150 valence electrons. The van der Waals surface area contributed by atoms with Gasteiger partial charge in [-0.3, -0.25) is 14.5 Å². The largest absolute Gasteiger partial charge is 0.406 e. The molecule has 27 heavy (non-hydrogen) atoms. The zero-order valence-corrected chi connectivity index (χ0v) is 15.2. The van der Waals surface area contributed by atoms with E-state index in [9.17, 15) is 27.2 Å². The van der Waals surface area contributed by atoms with Gasteiger partial charge in [-0.25, -0.2) is 4.39 Å². The first-order valence-electron chi connectivity index (χ1n) is 8.65. The van der Waals surface area contributed by atoms with Gasteiger partial charge >= 0.3 is 6.18 Å². The molecule has 2 rings (SSSR count). The Morgan fingerprint density at radius 3 is 2.48 bits per heavy atom. The smallest absolute Gasteiger partial charge is 0.329 e. The molecule has 1 atom stereocenters. The highest BCUT2D eigenvalue weighted by atomic mass is 19.4. The van der Waals surface area contributed by atoms with E-state index in [2.05, 4.69) is 5.32 Å². The fourth-order valence-electron chi connectivity index (χ4n) is 2.88. The second kappa shape index (κ2) is 8.69. The van der Waals surface area contributed by atoms with Crippen LogP contribution in [0.25, 0.3) is 0 Å². The summed E-state index contributed by atoms with van der Waals surface area (Å²) in [5.41, 5.74) is 0.265. The Hall–Kier alpha value is -2.16. The van der Waals surface area contributed by atoms with Crippen molar-refractivity contribution < 1.29 is 27.2 Å². The Balaban J connectivity index is 1.90. The molecule has 1 aromatic rings. The fraction of sp³-hybridized carbons (Fsp3) is 0.556. The first kappa shape index (κ1) is 21.1. The monoisotopic (exact) mass is 389 g/mol. The maximum absolute atomic E-state index is 13.1. The first-order chi connectivity index (χ1) is 12.5. The zero-order chi connectivity index (χ0) is 20.2. The van der Waals surface area contributed by atoms with Crippen LogP contribution in [-0.4, -0.2) is 60.5 Å². The maximum Gasteiger partial charge on any atom is 0.406 e. The molecule has 1 N–H and O–H groups in total. The lowest BCUT2D eigenvalue weighted by atomic mass is 10.1. The maximum atomic E-state index is 13.1. The summed E-state index contributed by atoms with van der Waals surface area (Å²) in [5.74, 6) is -1.58. The molecule has 0 bridgehead atoms. The molecule has 1 saturated carbocycles. The van der Waals surface area contributed by atoms with E-state index in [1.165, 1.54) is 30.1 Å². The predicted molar refractivity (Wildman–Crippen MR) is 92.5 cm³/mol. The van der Waals surface area contributed by atoms with Crippen LogP contribution in [0.2, 0.25) is 0 Å². The van der Waals surface area contributed by atoms with Crippen molar-refractivity contribution >= 4 is 17.5 Å². The average Bonchev–Trinajstić information content (AvgIpc) is 3.35. The molecular weight excluding hydrogens is 366 g/mol. The average molecular weight is 389 g/mol. The summed E-state index contributed by atoms with van der Waals surface area (Å²) in [7, 11) is 1.47. The molecular formula is C18H23F4N3O2. The van der Waals surface area contributed by atoms with E-state index in [1.807, 2.05) is 0 Å². The number of nitrogens with zero attached hydrogens (tertiary/aromatic N) is 2. The van der Waals surface area contributed by atoms with Gasteiger partial charge in [0.05, 0.1) is 13.1 Å². The van der Waals surface area contributed by atoms with Crippen LogP contribution in [0.1, 0.15) is 19.8 Å². The van der Waals surface area contributed by atoms with Crippen LogP contribution >= 0.6 is 0 Å². The van der Waals surface area contributed by atoms with Gasteiger partial charge in [0.15, 0.2) is 0 Å². The number of anilines is 1. The van der Waals surface area contributed by atoms with E-state index in [0.29, 0.717) is 0 Å². The SMILES string of the molecule is C[C@H](C1CC1)N(CC(F)(F)F)C(=O)CN(C)CC(=O)Nc1cccc(F)c1. The van der Waals surface area contributed by atoms with Crippen LogP contribution in [0.3, 0.4) is 0 Å². The van der Waals surface area contributed by atoms with Crippen molar-refractivity contribution in [1.82, 2.24) is 9.80 Å². The summed E-state index contributed by atoms with van der Waals surface area (Å²) in [4.78, 5) is 26.6. The van der Waals surface area contributed by atoms with Crippen LogP contribution in [0, 0.1) is 11.7 Å². The Bertz CT molecular complexity index is 677. The van der Waals surface area contributed by atoms with Gasteiger partial charge in [0.25, 0.3) is 0 Å². The standard InChI is InChI=1S/C18H23F4N3O2/c1-12(13-6-7-13)25(11-18(20,21)22)17(27)10-24(2)9-16(26)23-15-5-3-4-14(19)8-15/h3-5,8,12-13H,6-7,9-11H2,1-2H3,(H,23,26)/t12-/m1/s1. The second-order valence-electron chi connectivity index (χ2n) is 6.95. The molecule has 1 aliphatic carbocycles. The molecule has 0 saturated heterocycles. The van der Waals surface area contributed by atoms with Crippen molar-refractivity contribution in [2.45, 2.75) is 32.0 Å². The molecule has 2 amide bonds. The quantitative estimate of drug-likeness (QED) is 0.696. The number of rotatable bonds is 8. The molecule has 5 nitrogen and oxygen atoms in total. The topological polar surface area (TPSA) is 52.7 Å². The summed E-state index contributed by atoms with van der Waals surface area (Å²) in [6.07, 6.45) is -2.85. The number of hydrogen-bond acceptors (Lipinski definition) is 3. The van der Waals surface area contributed by atoms with Crippen LogP contribution in [0.5, 0.6) is 0 Å². The molecule has 0 unspecified atom stereocenters. The van der Waals surface area contributed by atoms with Gasteiger partial charge in [0.2, 0.25) is 11.8 Å². The van der Waals surface area contributed by atoms with Gasteiger partial charge in [-0.05, 0) is 50.9 Å².